The van der Waals surface area contributed by atoms with Crippen molar-refractivity contribution in [1.29, 1.82) is 0 Å². The molecule has 0 radical (unpaired) electrons. The predicted octanol–water partition coefficient (Wildman–Crippen LogP) is 2.90. The van der Waals surface area contributed by atoms with Crippen LogP contribution in [-0.4, -0.2) is 44.1 Å². The maximum absolute atomic E-state index is 12.5. The molecule has 1 aliphatic rings. The Hall–Kier alpha value is -3.06. The van der Waals surface area contributed by atoms with Gasteiger partial charge in [0.1, 0.15) is 6.33 Å². The first kappa shape index (κ1) is 17.4. The van der Waals surface area contributed by atoms with Crippen LogP contribution in [0.15, 0.2) is 54.9 Å². The van der Waals surface area contributed by atoms with E-state index in [0.717, 1.165) is 31.0 Å². The van der Waals surface area contributed by atoms with Gasteiger partial charge in [-0.05, 0) is 78.3 Å². The normalized spacial score (nSPS) is 14.8. The molecule has 0 atom stereocenters. The molecule has 0 unspecified atom stereocenters. The SMILES string of the molecule is O=C(Nc1cccc(CN2CCCCC2)c1)c1ccc(-n2cnnn2)cc1. The lowest BCUT2D eigenvalue weighted by Gasteiger charge is -2.26. The highest BCUT2D eigenvalue weighted by atomic mass is 16.1. The van der Waals surface area contributed by atoms with Gasteiger partial charge in [-0.1, -0.05) is 18.6 Å². The van der Waals surface area contributed by atoms with Gasteiger partial charge in [0.2, 0.25) is 0 Å². The van der Waals surface area contributed by atoms with Crippen molar-refractivity contribution in [1.82, 2.24) is 25.1 Å². The fraction of sp³-hybridized carbons (Fsp3) is 0.300. The summed E-state index contributed by atoms with van der Waals surface area (Å²) in [5.41, 5.74) is 3.44. The molecule has 7 heteroatoms. The third kappa shape index (κ3) is 4.38. The Labute approximate surface area is 158 Å². The van der Waals surface area contributed by atoms with E-state index in [9.17, 15) is 4.79 Å². The van der Waals surface area contributed by atoms with Gasteiger partial charge in [-0.3, -0.25) is 9.69 Å². The summed E-state index contributed by atoms with van der Waals surface area (Å²) < 4.78 is 1.55. The molecule has 1 aliphatic heterocycles. The Balaban J connectivity index is 1.41. The van der Waals surface area contributed by atoms with Crippen LogP contribution in [0.25, 0.3) is 5.69 Å². The lowest BCUT2D eigenvalue weighted by molar-refractivity contribution is 0.102. The first-order valence-electron chi connectivity index (χ1n) is 9.24. The summed E-state index contributed by atoms with van der Waals surface area (Å²) in [6.45, 7) is 3.25. The predicted molar refractivity (Wildman–Crippen MR) is 103 cm³/mol. The van der Waals surface area contributed by atoms with Crippen molar-refractivity contribution < 1.29 is 4.79 Å². The molecular weight excluding hydrogens is 340 g/mol. The van der Waals surface area contributed by atoms with Gasteiger partial charge in [0.05, 0.1) is 5.69 Å². The van der Waals surface area contributed by atoms with Crippen molar-refractivity contribution in [3.8, 4) is 5.69 Å². The van der Waals surface area contributed by atoms with E-state index in [4.69, 9.17) is 0 Å². The molecule has 0 aliphatic carbocycles. The number of benzene rings is 2. The third-order valence-corrected chi connectivity index (χ3v) is 4.78. The summed E-state index contributed by atoms with van der Waals surface area (Å²) in [7, 11) is 0. The lowest BCUT2D eigenvalue weighted by atomic mass is 10.1. The number of likely N-dealkylation sites (tertiary alicyclic amines) is 1. The molecule has 27 heavy (non-hydrogen) atoms. The first-order chi connectivity index (χ1) is 13.3. The minimum Gasteiger partial charge on any atom is -0.322 e. The van der Waals surface area contributed by atoms with Crippen molar-refractivity contribution in [3.05, 3.63) is 66.0 Å². The fourth-order valence-electron chi connectivity index (χ4n) is 3.37. The van der Waals surface area contributed by atoms with Gasteiger partial charge in [-0.25, -0.2) is 4.68 Å². The molecule has 1 N–H and O–H groups in total. The summed E-state index contributed by atoms with van der Waals surface area (Å²) in [6.07, 6.45) is 5.40. The molecule has 0 spiro atoms. The van der Waals surface area contributed by atoms with Gasteiger partial charge in [-0.2, -0.15) is 0 Å². The van der Waals surface area contributed by atoms with Gasteiger partial charge in [0.15, 0.2) is 0 Å². The monoisotopic (exact) mass is 362 g/mol. The summed E-state index contributed by atoms with van der Waals surface area (Å²) in [5.74, 6) is -0.131. The van der Waals surface area contributed by atoms with Gasteiger partial charge in [0.25, 0.3) is 5.91 Å². The minimum atomic E-state index is -0.131. The molecule has 7 nitrogen and oxygen atoms in total. The maximum Gasteiger partial charge on any atom is 0.255 e. The fourth-order valence-corrected chi connectivity index (χ4v) is 3.37. The zero-order valence-electron chi connectivity index (χ0n) is 15.1. The number of rotatable bonds is 5. The van der Waals surface area contributed by atoms with Crippen LogP contribution >= 0.6 is 0 Å². The molecule has 0 bridgehead atoms. The maximum atomic E-state index is 12.5. The third-order valence-electron chi connectivity index (χ3n) is 4.78. The average Bonchev–Trinajstić information content (AvgIpc) is 3.24. The van der Waals surface area contributed by atoms with E-state index in [1.807, 2.05) is 24.3 Å². The Morgan fingerprint density at radius 1 is 1.04 bits per heavy atom. The van der Waals surface area contributed by atoms with E-state index in [1.54, 1.807) is 16.8 Å². The van der Waals surface area contributed by atoms with E-state index < -0.39 is 0 Å². The molecule has 1 saturated heterocycles. The molecule has 138 valence electrons. The summed E-state index contributed by atoms with van der Waals surface area (Å²) >= 11 is 0. The number of nitrogens with one attached hydrogen (secondary N) is 1. The smallest absolute Gasteiger partial charge is 0.255 e. The number of amides is 1. The van der Waals surface area contributed by atoms with Gasteiger partial charge < -0.3 is 5.32 Å². The number of carbonyl (C=O) groups excluding carboxylic acids is 1. The molecule has 4 rings (SSSR count). The van der Waals surface area contributed by atoms with E-state index >= 15 is 0 Å². The van der Waals surface area contributed by atoms with Crippen LogP contribution in [0.5, 0.6) is 0 Å². The number of carbonyl (C=O) groups is 1. The number of hydrogen-bond donors (Lipinski definition) is 1. The van der Waals surface area contributed by atoms with E-state index in [1.165, 1.54) is 31.2 Å². The molecule has 1 amide bonds. The van der Waals surface area contributed by atoms with Gasteiger partial charge in [0, 0.05) is 17.8 Å². The van der Waals surface area contributed by atoms with Crippen molar-refractivity contribution in [2.75, 3.05) is 18.4 Å². The van der Waals surface area contributed by atoms with Crippen molar-refractivity contribution in [2.24, 2.45) is 0 Å². The van der Waals surface area contributed by atoms with Crippen molar-refractivity contribution >= 4 is 11.6 Å². The largest absolute Gasteiger partial charge is 0.322 e. The number of hydrogen-bond acceptors (Lipinski definition) is 5. The molecule has 3 aromatic rings. The van der Waals surface area contributed by atoms with Crippen LogP contribution in [0.3, 0.4) is 0 Å². The van der Waals surface area contributed by atoms with Crippen LogP contribution in [0.1, 0.15) is 35.2 Å². The number of aromatic nitrogens is 4. The lowest BCUT2D eigenvalue weighted by Crippen LogP contribution is -2.29. The summed E-state index contributed by atoms with van der Waals surface area (Å²) in [6, 6.07) is 15.3. The highest BCUT2D eigenvalue weighted by Crippen LogP contribution is 2.17. The number of nitrogens with zero attached hydrogens (tertiary/aromatic N) is 5. The van der Waals surface area contributed by atoms with E-state index in [0.29, 0.717) is 5.56 Å². The van der Waals surface area contributed by atoms with Crippen LogP contribution < -0.4 is 5.32 Å². The van der Waals surface area contributed by atoms with E-state index in [2.05, 4.69) is 37.9 Å². The van der Waals surface area contributed by atoms with Gasteiger partial charge >= 0.3 is 0 Å². The highest BCUT2D eigenvalue weighted by Gasteiger charge is 2.11. The second-order valence-corrected chi connectivity index (χ2v) is 6.79. The van der Waals surface area contributed by atoms with Crippen molar-refractivity contribution in [2.45, 2.75) is 25.8 Å². The average molecular weight is 362 g/mol. The Kier molecular flexibility index (Phi) is 5.20. The van der Waals surface area contributed by atoms with Crippen molar-refractivity contribution in [3.63, 3.8) is 0 Å². The second kappa shape index (κ2) is 8.09. The standard InChI is InChI=1S/C20H22N6O/c27-20(17-7-9-19(10-8-17)26-15-21-23-24-26)22-18-6-4-5-16(13-18)14-25-11-2-1-3-12-25/h4-10,13,15H,1-3,11-12,14H2,(H,22,27). The first-order valence-corrected chi connectivity index (χ1v) is 9.24. The minimum absolute atomic E-state index is 0.131. The Bertz CT molecular complexity index is 885. The summed E-state index contributed by atoms with van der Waals surface area (Å²) in [4.78, 5) is 15.0. The Morgan fingerprint density at radius 3 is 2.59 bits per heavy atom. The van der Waals surface area contributed by atoms with Crippen LogP contribution in [0.2, 0.25) is 0 Å². The van der Waals surface area contributed by atoms with Gasteiger partial charge in [-0.15, -0.1) is 5.10 Å². The number of piperidine rings is 1. The zero-order chi connectivity index (χ0) is 18.5. The molecular formula is C20H22N6O. The Morgan fingerprint density at radius 2 is 1.85 bits per heavy atom. The molecule has 2 aromatic carbocycles. The van der Waals surface area contributed by atoms with Crippen LogP contribution in [-0.2, 0) is 6.54 Å². The summed E-state index contributed by atoms with van der Waals surface area (Å²) in [5, 5.41) is 14.0. The topological polar surface area (TPSA) is 75.9 Å². The molecule has 1 fully saturated rings. The number of tetrazole rings is 1. The highest BCUT2D eigenvalue weighted by molar-refractivity contribution is 6.04. The van der Waals surface area contributed by atoms with E-state index in [-0.39, 0.29) is 5.91 Å². The quantitative estimate of drug-likeness (QED) is 0.755. The zero-order valence-corrected chi connectivity index (χ0v) is 15.1. The van der Waals surface area contributed by atoms with Crippen LogP contribution in [0.4, 0.5) is 5.69 Å². The molecule has 2 heterocycles. The second-order valence-electron chi connectivity index (χ2n) is 6.79. The van der Waals surface area contributed by atoms with Crippen LogP contribution in [0, 0.1) is 0 Å². The molecule has 0 saturated carbocycles. The number of anilines is 1. The molecule has 1 aromatic heterocycles.